The number of aryl methyl sites for hydroxylation is 1. The highest BCUT2D eigenvalue weighted by Crippen LogP contribution is 2.44. The Morgan fingerprint density at radius 2 is 1.78 bits per heavy atom. The molecule has 0 radical (unpaired) electrons. The third kappa shape index (κ3) is 5.39. The smallest absolute Gasteiger partial charge is 0.251 e. The lowest BCUT2D eigenvalue weighted by atomic mass is 9.89. The van der Waals surface area contributed by atoms with E-state index in [0.29, 0.717) is 36.6 Å². The van der Waals surface area contributed by atoms with E-state index in [1.54, 1.807) is 25.1 Å². The summed E-state index contributed by atoms with van der Waals surface area (Å²) in [6.07, 6.45) is 2.62. The van der Waals surface area contributed by atoms with Crippen molar-refractivity contribution >= 4 is 11.8 Å². The molecule has 0 bridgehead atoms. The third-order valence-corrected chi connectivity index (χ3v) is 4.98. The van der Waals surface area contributed by atoms with Gasteiger partial charge in [0.05, 0.1) is 0 Å². The fraction of sp³-hybridized carbons (Fsp3) is 0.364. The Morgan fingerprint density at radius 1 is 1.07 bits per heavy atom. The van der Waals surface area contributed by atoms with Gasteiger partial charge in [-0.3, -0.25) is 9.59 Å². The van der Waals surface area contributed by atoms with Gasteiger partial charge in [-0.25, -0.2) is 4.39 Å². The van der Waals surface area contributed by atoms with Crippen LogP contribution in [0.5, 0.6) is 0 Å². The third-order valence-electron chi connectivity index (χ3n) is 4.98. The van der Waals surface area contributed by atoms with E-state index in [1.165, 1.54) is 6.07 Å². The van der Waals surface area contributed by atoms with Gasteiger partial charge in [0.2, 0.25) is 5.91 Å². The quantitative estimate of drug-likeness (QED) is 0.700. The molecule has 3 rings (SSSR count). The standard InChI is InChI=1S/C22H25FN2O2/c1-15-13-18(9-10-20(15)23)19(16-7-8-16)14-21(26)24-11-12-25-22(27)17-5-3-2-4-6-17/h2-6,9-10,13,16,19H,7-8,11-12,14H2,1H3,(H,24,26)(H,25,27). The first-order chi connectivity index (χ1) is 13.0. The van der Waals surface area contributed by atoms with Crippen LogP contribution in [0, 0.1) is 18.7 Å². The molecule has 0 aliphatic heterocycles. The Morgan fingerprint density at radius 3 is 2.44 bits per heavy atom. The van der Waals surface area contributed by atoms with Gasteiger partial charge in [0.15, 0.2) is 0 Å². The molecule has 1 fully saturated rings. The van der Waals surface area contributed by atoms with Crippen LogP contribution in [0.4, 0.5) is 4.39 Å². The van der Waals surface area contributed by atoms with Crippen molar-refractivity contribution in [2.45, 2.75) is 32.1 Å². The molecule has 0 aromatic heterocycles. The van der Waals surface area contributed by atoms with Crippen LogP contribution in [-0.2, 0) is 4.79 Å². The molecule has 2 aromatic carbocycles. The molecule has 1 saturated carbocycles. The van der Waals surface area contributed by atoms with E-state index >= 15 is 0 Å². The second-order valence-electron chi connectivity index (χ2n) is 7.13. The van der Waals surface area contributed by atoms with Crippen LogP contribution >= 0.6 is 0 Å². The summed E-state index contributed by atoms with van der Waals surface area (Å²) >= 11 is 0. The first-order valence-electron chi connectivity index (χ1n) is 9.40. The number of halogens is 1. The number of benzene rings is 2. The van der Waals surface area contributed by atoms with Gasteiger partial charge in [-0.15, -0.1) is 0 Å². The van der Waals surface area contributed by atoms with Crippen molar-refractivity contribution < 1.29 is 14.0 Å². The summed E-state index contributed by atoms with van der Waals surface area (Å²) in [6.45, 7) is 2.51. The molecule has 1 unspecified atom stereocenters. The molecule has 142 valence electrons. The number of nitrogens with one attached hydrogen (secondary N) is 2. The molecule has 27 heavy (non-hydrogen) atoms. The highest BCUT2D eigenvalue weighted by atomic mass is 19.1. The fourth-order valence-electron chi connectivity index (χ4n) is 3.30. The van der Waals surface area contributed by atoms with Gasteiger partial charge < -0.3 is 10.6 Å². The first kappa shape index (κ1) is 19.1. The van der Waals surface area contributed by atoms with Crippen LogP contribution in [0.2, 0.25) is 0 Å². The molecule has 2 amide bonds. The van der Waals surface area contributed by atoms with Gasteiger partial charge in [-0.2, -0.15) is 0 Å². The summed E-state index contributed by atoms with van der Waals surface area (Å²) < 4.78 is 13.5. The number of hydrogen-bond acceptors (Lipinski definition) is 2. The lowest BCUT2D eigenvalue weighted by molar-refractivity contribution is -0.121. The molecule has 0 heterocycles. The minimum absolute atomic E-state index is 0.0390. The van der Waals surface area contributed by atoms with Gasteiger partial charge in [0.1, 0.15) is 5.82 Å². The molecule has 1 aliphatic carbocycles. The summed E-state index contributed by atoms with van der Waals surface area (Å²) in [5.41, 5.74) is 2.25. The number of carbonyl (C=O) groups excluding carboxylic acids is 2. The van der Waals surface area contributed by atoms with Crippen molar-refractivity contribution in [3.05, 3.63) is 71.0 Å². The summed E-state index contributed by atoms with van der Waals surface area (Å²) in [6, 6.07) is 14.1. The maximum absolute atomic E-state index is 13.5. The summed E-state index contributed by atoms with van der Waals surface area (Å²) in [5, 5.41) is 5.66. The van der Waals surface area contributed by atoms with Crippen molar-refractivity contribution in [2.24, 2.45) is 5.92 Å². The molecule has 4 nitrogen and oxygen atoms in total. The number of hydrogen-bond donors (Lipinski definition) is 2. The monoisotopic (exact) mass is 368 g/mol. The average molecular weight is 368 g/mol. The highest BCUT2D eigenvalue weighted by molar-refractivity contribution is 5.94. The first-order valence-corrected chi connectivity index (χ1v) is 9.40. The Hall–Kier alpha value is -2.69. The van der Waals surface area contributed by atoms with Crippen LogP contribution in [0.25, 0.3) is 0 Å². The lowest BCUT2D eigenvalue weighted by Gasteiger charge is -2.17. The van der Waals surface area contributed by atoms with E-state index in [4.69, 9.17) is 0 Å². The molecule has 5 heteroatoms. The zero-order valence-corrected chi connectivity index (χ0v) is 15.5. The summed E-state index contributed by atoms with van der Waals surface area (Å²) in [5.74, 6) is 0.221. The van der Waals surface area contributed by atoms with Gasteiger partial charge in [-0.1, -0.05) is 30.3 Å². The second-order valence-corrected chi connectivity index (χ2v) is 7.13. The van der Waals surface area contributed by atoms with Crippen molar-refractivity contribution in [3.8, 4) is 0 Å². The molecule has 1 atom stereocenters. The minimum atomic E-state index is -0.216. The molecule has 0 spiro atoms. The van der Waals surface area contributed by atoms with E-state index in [9.17, 15) is 14.0 Å². The predicted octanol–water partition coefficient (Wildman–Crippen LogP) is 3.56. The predicted molar refractivity (Wildman–Crippen MR) is 103 cm³/mol. The molecule has 0 saturated heterocycles. The van der Waals surface area contributed by atoms with E-state index in [-0.39, 0.29) is 23.5 Å². The van der Waals surface area contributed by atoms with Crippen molar-refractivity contribution in [3.63, 3.8) is 0 Å². The van der Waals surface area contributed by atoms with Crippen LogP contribution in [0.15, 0.2) is 48.5 Å². The average Bonchev–Trinajstić information content (AvgIpc) is 3.51. The second kappa shape index (κ2) is 8.80. The van der Waals surface area contributed by atoms with Gasteiger partial charge in [0.25, 0.3) is 5.91 Å². The summed E-state index contributed by atoms with van der Waals surface area (Å²) in [7, 11) is 0. The molecular weight excluding hydrogens is 343 g/mol. The van der Waals surface area contributed by atoms with Crippen LogP contribution in [-0.4, -0.2) is 24.9 Å². The maximum Gasteiger partial charge on any atom is 0.251 e. The Kier molecular flexibility index (Phi) is 6.22. The number of rotatable bonds is 8. The largest absolute Gasteiger partial charge is 0.354 e. The maximum atomic E-state index is 13.5. The normalized spacial score (nSPS) is 14.4. The van der Waals surface area contributed by atoms with E-state index < -0.39 is 0 Å². The number of amides is 2. The number of carbonyl (C=O) groups is 2. The zero-order valence-electron chi connectivity index (χ0n) is 15.5. The lowest BCUT2D eigenvalue weighted by Crippen LogP contribution is -2.35. The van der Waals surface area contributed by atoms with Gasteiger partial charge in [-0.05, 0) is 60.9 Å². The van der Waals surface area contributed by atoms with Gasteiger partial charge in [0, 0.05) is 25.1 Å². The Labute approximate surface area is 159 Å². The van der Waals surface area contributed by atoms with Crippen LogP contribution in [0.3, 0.4) is 0 Å². The fourth-order valence-corrected chi connectivity index (χ4v) is 3.30. The molecule has 2 N–H and O–H groups in total. The van der Waals surface area contributed by atoms with E-state index in [0.717, 1.165) is 18.4 Å². The van der Waals surface area contributed by atoms with E-state index in [2.05, 4.69) is 10.6 Å². The van der Waals surface area contributed by atoms with Crippen molar-refractivity contribution in [1.82, 2.24) is 10.6 Å². The van der Waals surface area contributed by atoms with Crippen LogP contribution < -0.4 is 10.6 Å². The molecular formula is C22H25FN2O2. The van der Waals surface area contributed by atoms with Gasteiger partial charge >= 0.3 is 0 Å². The molecule has 2 aromatic rings. The highest BCUT2D eigenvalue weighted by Gasteiger charge is 2.33. The Bertz CT molecular complexity index is 803. The SMILES string of the molecule is Cc1cc(C(CC(=O)NCCNC(=O)c2ccccc2)C2CC2)ccc1F. The summed E-state index contributed by atoms with van der Waals surface area (Å²) in [4.78, 5) is 24.3. The molecule has 1 aliphatic rings. The topological polar surface area (TPSA) is 58.2 Å². The van der Waals surface area contributed by atoms with E-state index in [1.807, 2.05) is 24.3 Å². The van der Waals surface area contributed by atoms with Crippen molar-refractivity contribution in [1.29, 1.82) is 0 Å². The Balaban J connectivity index is 1.46. The minimum Gasteiger partial charge on any atom is -0.354 e. The van der Waals surface area contributed by atoms with Crippen LogP contribution in [0.1, 0.15) is 46.7 Å². The van der Waals surface area contributed by atoms with Crippen molar-refractivity contribution in [2.75, 3.05) is 13.1 Å². The zero-order chi connectivity index (χ0) is 19.2.